The second kappa shape index (κ2) is 23.3. The maximum Gasteiger partial charge on any atom is 0.330 e. The van der Waals surface area contributed by atoms with Gasteiger partial charge in [-0.05, 0) is 12.8 Å². The van der Waals surface area contributed by atoms with Gasteiger partial charge in [0, 0.05) is 6.08 Å². The Kier molecular flexibility index (Phi) is 22.7. The van der Waals surface area contributed by atoms with Crippen LogP contribution >= 0.6 is 0 Å². The molecule has 0 radical (unpaired) electrons. The van der Waals surface area contributed by atoms with E-state index in [9.17, 15) is 4.79 Å². The number of unbranched alkanes of at least 4 members (excludes halogenated alkanes) is 19. The summed E-state index contributed by atoms with van der Waals surface area (Å²) in [5, 5.41) is 0. The van der Waals surface area contributed by atoms with Gasteiger partial charge in [-0.3, -0.25) is 0 Å². The van der Waals surface area contributed by atoms with E-state index in [0.717, 1.165) is 17.6 Å². The first-order valence-corrected chi connectivity index (χ1v) is 14.1. The second-order valence-corrected chi connectivity index (χ2v) is 10.5. The van der Waals surface area contributed by atoms with Gasteiger partial charge < -0.3 is 9.22 Å². The standard InChI is InChI=1S/C29H58NO2/c1-5-7-8-9-10-11-12-13-14-15-16-17-18-19-20-21-22-23-24-25-26-30(3,4)27-28-32-29(31)6-2/h6H,2,5,7-28H2,1,3-4H3/q+1. The van der Waals surface area contributed by atoms with Crippen LogP contribution in [0.5, 0.6) is 0 Å². The molecule has 0 aliphatic rings. The summed E-state index contributed by atoms with van der Waals surface area (Å²) in [5.74, 6) is -0.316. The number of hydrogen-bond donors (Lipinski definition) is 0. The van der Waals surface area contributed by atoms with Crippen LogP contribution in [-0.2, 0) is 9.53 Å². The Morgan fingerprint density at radius 2 is 0.969 bits per heavy atom. The summed E-state index contributed by atoms with van der Waals surface area (Å²) in [5.41, 5.74) is 0. The lowest BCUT2D eigenvalue weighted by molar-refractivity contribution is -0.890. The van der Waals surface area contributed by atoms with Gasteiger partial charge in [-0.25, -0.2) is 4.79 Å². The van der Waals surface area contributed by atoms with Crippen LogP contribution < -0.4 is 0 Å². The zero-order valence-corrected chi connectivity index (χ0v) is 22.3. The van der Waals surface area contributed by atoms with Crippen molar-refractivity contribution in [3.05, 3.63) is 12.7 Å². The molecule has 0 amide bonds. The van der Waals surface area contributed by atoms with Gasteiger partial charge in [0.15, 0.2) is 0 Å². The summed E-state index contributed by atoms with van der Waals surface area (Å²) < 4.78 is 6.02. The van der Waals surface area contributed by atoms with Crippen molar-refractivity contribution in [3.63, 3.8) is 0 Å². The normalized spacial score (nSPS) is 11.6. The summed E-state index contributed by atoms with van der Waals surface area (Å²) in [6.45, 7) is 8.24. The van der Waals surface area contributed by atoms with Crippen molar-refractivity contribution < 1.29 is 14.0 Å². The zero-order valence-electron chi connectivity index (χ0n) is 22.3. The van der Waals surface area contributed by atoms with Crippen LogP contribution in [-0.4, -0.2) is 44.2 Å². The van der Waals surface area contributed by atoms with Crippen LogP contribution in [0.4, 0.5) is 0 Å². The Bertz CT molecular complexity index is 419. The molecule has 0 aromatic carbocycles. The molecule has 3 nitrogen and oxygen atoms in total. The maximum atomic E-state index is 11.1. The highest BCUT2D eigenvalue weighted by molar-refractivity contribution is 5.81. The van der Waals surface area contributed by atoms with E-state index >= 15 is 0 Å². The quantitative estimate of drug-likeness (QED) is 0.0599. The van der Waals surface area contributed by atoms with Crippen molar-refractivity contribution in [2.24, 2.45) is 0 Å². The molecule has 0 aromatic heterocycles. The van der Waals surface area contributed by atoms with Gasteiger partial charge in [-0.2, -0.15) is 0 Å². The molecule has 0 aliphatic carbocycles. The molecule has 0 unspecified atom stereocenters. The van der Waals surface area contributed by atoms with Crippen molar-refractivity contribution in [2.75, 3.05) is 33.8 Å². The number of carbonyl (C=O) groups is 1. The average molecular weight is 453 g/mol. The predicted molar refractivity (Wildman–Crippen MR) is 141 cm³/mol. The molecule has 0 heterocycles. The minimum absolute atomic E-state index is 0.316. The van der Waals surface area contributed by atoms with Gasteiger partial charge in [-0.15, -0.1) is 0 Å². The van der Waals surface area contributed by atoms with Crippen LogP contribution in [0.15, 0.2) is 12.7 Å². The molecule has 0 bridgehead atoms. The molecule has 0 aliphatic heterocycles. The molecule has 3 heteroatoms. The van der Waals surface area contributed by atoms with E-state index in [1.165, 1.54) is 134 Å². The van der Waals surface area contributed by atoms with E-state index in [-0.39, 0.29) is 5.97 Å². The summed E-state index contributed by atoms with van der Waals surface area (Å²) in [6, 6.07) is 0. The van der Waals surface area contributed by atoms with E-state index < -0.39 is 0 Å². The monoisotopic (exact) mass is 452 g/mol. The number of ether oxygens (including phenoxy) is 1. The number of esters is 1. The third-order valence-corrected chi connectivity index (χ3v) is 6.72. The molecule has 0 saturated heterocycles. The molecule has 0 spiro atoms. The van der Waals surface area contributed by atoms with E-state index in [4.69, 9.17) is 4.74 Å². The number of quaternary nitrogens is 1. The molecule has 0 fully saturated rings. The van der Waals surface area contributed by atoms with Crippen LogP contribution in [0.25, 0.3) is 0 Å². The minimum Gasteiger partial charge on any atom is -0.457 e. The first-order valence-electron chi connectivity index (χ1n) is 14.1. The Morgan fingerprint density at radius 3 is 1.31 bits per heavy atom. The molecule has 190 valence electrons. The Hall–Kier alpha value is -0.830. The molecule has 0 aromatic rings. The van der Waals surface area contributed by atoms with Gasteiger partial charge >= 0.3 is 5.97 Å². The highest BCUT2D eigenvalue weighted by Gasteiger charge is 2.14. The van der Waals surface area contributed by atoms with Crippen LogP contribution in [0, 0.1) is 0 Å². The summed E-state index contributed by atoms with van der Waals surface area (Å²) in [7, 11) is 4.44. The zero-order chi connectivity index (χ0) is 23.8. The maximum absolute atomic E-state index is 11.1. The molecular formula is C29H58NO2+. The van der Waals surface area contributed by atoms with Crippen molar-refractivity contribution in [2.45, 2.75) is 135 Å². The lowest BCUT2D eigenvalue weighted by atomic mass is 10.0. The number of carbonyl (C=O) groups excluding carboxylic acids is 1. The van der Waals surface area contributed by atoms with Gasteiger partial charge in [0.1, 0.15) is 13.2 Å². The van der Waals surface area contributed by atoms with Crippen LogP contribution in [0.2, 0.25) is 0 Å². The van der Waals surface area contributed by atoms with Gasteiger partial charge in [0.25, 0.3) is 0 Å². The van der Waals surface area contributed by atoms with Crippen molar-refractivity contribution in [1.29, 1.82) is 0 Å². The Labute approximate surface area is 202 Å². The van der Waals surface area contributed by atoms with E-state index in [1.54, 1.807) is 0 Å². The van der Waals surface area contributed by atoms with Gasteiger partial charge in [0.05, 0.1) is 20.6 Å². The van der Waals surface area contributed by atoms with Crippen LogP contribution in [0.3, 0.4) is 0 Å². The fourth-order valence-electron chi connectivity index (χ4n) is 4.36. The molecular weight excluding hydrogens is 394 g/mol. The first kappa shape index (κ1) is 31.2. The van der Waals surface area contributed by atoms with Gasteiger partial charge in [0.2, 0.25) is 0 Å². The molecule has 0 rings (SSSR count). The third kappa shape index (κ3) is 23.8. The second-order valence-electron chi connectivity index (χ2n) is 10.5. The summed E-state index contributed by atoms with van der Waals surface area (Å²) in [6.07, 6.45) is 29.7. The average Bonchev–Trinajstić information content (AvgIpc) is 2.77. The van der Waals surface area contributed by atoms with Crippen molar-refractivity contribution in [1.82, 2.24) is 0 Å². The molecule has 0 saturated carbocycles. The number of hydrogen-bond acceptors (Lipinski definition) is 2. The Morgan fingerprint density at radius 1 is 0.625 bits per heavy atom. The van der Waals surface area contributed by atoms with E-state index in [2.05, 4.69) is 27.6 Å². The van der Waals surface area contributed by atoms with E-state index in [0.29, 0.717) is 6.61 Å². The number of nitrogens with zero attached hydrogens (tertiary/aromatic N) is 1. The summed E-state index contributed by atoms with van der Waals surface area (Å²) >= 11 is 0. The van der Waals surface area contributed by atoms with E-state index in [1.807, 2.05) is 0 Å². The van der Waals surface area contributed by atoms with Gasteiger partial charge in [-0.1, -0.05) is 129 Å². The van der Waals surface area contributed by atoms with Crippen molar-refractivity contribution in [3.8, 4) is 0 Å². The highest BCUT2D eigenvalue weighted by atomic mass is 16.5. The molecule has 32 heavy (non-hydrogen) atoms. The number of rotatable bonds is 25. The molecule has 0 atom stereocenters. The summed E-state index contributed by atoms with van der Waals surface area (Å²) in [4.78, 5) is 11.1. The lowest BCUT2D eigenvalue weighted by Crippen LogP contribution is -2.43. The Balaban J connectivity index is 3.23. The fourth-order valence-corrected chi connectivity index (χ4v) is 4.36. The SMILES string of the molecule is C=CC(=O)OCC[N+](C)(C)CCCCCCCCCCCCCCCCCCCCCC. The smallest absolute Gasteiger partial charge is 0.330 e. The van der Waals surface area contributed by atoms with Crippen molar-refractivity contribution >= 4 is 5.97 Å². The minimum atomic E-state index is -0.316. The largest absolute Gasteiger partial charge is 0.457 e. The first-order chi connectivity index (χ1) is 15.5. The molecule has 0 N–H and O–H groups in total. The fraction of sp³-hybridized carbons (Fsp3) is 0.897. The lowest BCUT2D eigenvalue weighted by Gasteiger charge is -2.29. The van der Waals surface area contributed by atoms with Crippen LogP contribution in [0.1, 0.15) is 135 Å². The predicted octanol–water partition coefficient (Wildman–Crippen LogP) is 8.61. The third-order valence-electron chi connectivity index (χ3n) is 6.72. The number of likely N-dealkylation sites (N-methyl/N-ethyl adjacent to an activating group) is 1. The highest BCUT2D eigenvalue weighted by Crippen LogP contribution is 2.15. The topological polar surface area (TPSA) is 26.3 Å².